The first-order valence-corrected chi connectivity index (χ1v) is 7.70. The summed E-state index contributed by atoms with van der Waals surface area (Å²) in [5.41, 5.74) is 5.50. The Bertz CT molecular complexity index is 586. The second kappa shape index (κ2) is 5.80. The molecule has 0 bridgehead atoms. The molecule has 0 radical (unpaired) electrons. The number of aryl methyl sites for hydroxylation is 2. The van der Waals surface area contributed by atoms with E-state index in [4.69, 9.17) is 0 Å². The molecule has 0 spiro atoms. The highest BCUT2D eigenvalue weighted by Gasteiger charge is 2.22. The number of rotatable bonds is 5. The van der Waals surface area contributed by atoms with Gasteiger partial charge >= 0.3 is 0 Å². The molecule has 0 saturated carbocycles. The molecule has 1 heterocycles. The number of aromatic nitrogens is 2. The SMILES string of the molecule is CCCNC1CCc2cc(-c3cnn(CC)c3)ccc21. The summed E-state index contributed by atoms with van der Waals surface area (Å²) < 4.78 is 1.98. The predicted octanol–water partition coefficient (Wildman–Crippen LogP) is 3.56. The Hall–Kier alpha value is -1.61. The molecular formula is C17H23N3. The molecule has 0 aliphatic heterocycles. The first-order chi connectivity index (χ1) is 9.81. The number of benzene rings is 1. The van der Waals surface area contributed by atoms with Crippen LogP contribution in [0.3, 0.4) is 0 Å². The van der Waals surface area contributed by atoms with Gasteiger partial charge in [0, 0.05) is 24.3 Å². The molecule has 3 nitrogen and oxygen atoms in total. The minimum absolute atomic E-state index is 0.553. The third-order valence-electron chi connectivity index (χ3n) is 4.15. The van der Waals surface area contributed by atoms with Crippen molar-refractivity contribution >= 4 is 0 Å². The highest BCUT2D eigenvalue weighted by molar-refractivity contribution is 5.64. The summed E-state index contributed by atoms with van der Waals surface area (Å²) in [4.78, 5) is 0. The summed E-state index contributed by atoms with van der Waals surface area (Å²) in [6, 6.07) is 7.44. The van der Waals surface area contributed by atoms with Gasteiger partial charge < -0.3 is 5.32 Å². The van der Waals surface area contributed by atoms with Gasteiger partial charge in [-0.2, -0.15) is 5.10 Å². The standard InChI is InChI=1S/C17H23N3/c1-3-9-18-17-8-6-14-10-13(5-7-16(14)17)15-11-19-20(4-2)12-15/h5,7,10-12,17-18H,3-4,6,8-9H2,1-2H3. The summed E-state index contributed by atoms with van der Waals surface area (Å²) >= 11 is 0. The lowest BCUT2D eigenvalue weighted by Crippen LogP contribution is -2.19. The molecule has 20 heavy (non-hydrogen) atoms. The Morgan fingerprint density at radius 3 is 2.95 bits per heavy atom. The molecule has 3 heteroatoms. The van der Waals surface area contributed by atoms with Crippen LogP contribution in [0, 0.1) is 0 Å². The molecule has 0 saturated heterocycles. The fourth-order valence-corrected chi connectivity index (χ4v) is 3.01. The summed E-state index contributed by atoms with van der Waals surface area (Å²) in [6.45, 7) is 6.36. The molecule has 0 fully saturated rings. The number of nitrogens with zero attached hydrogens (tertiary/aromatic N) is 2. The lowest BCUT2D eigenvalue weighted by atomic mass is 10.0. The first-order valence-electron chi connectivity index (χ1n) is 7.70. The second-order valence-electron chi connectivity index (χ2n) is 5.54. The van der Waals surface area contributed by atoms with Gasteiger partial charge in [0.05, 0.1) is 6.20 Å². The zero-order chi connectivity index (χ0) is 13.9. The van der Waals surface area contributed by atoms with Crippen molar-refractivity contribution in [3.8, 4) is 11.1 Å². The van der Waals surface area contributed by atoms with E-state index in [1.54, 1.807) is 0 Å². The largest absolute Gasteiger partial charge is 0.310 e. The van der Waals surface area contributed by atoms with E-state index in [2.05, 4.69) is 48.7 Å². The predicted molar refractivity (Wildman–Crippen MR) is 82.7 cm³/mol. The van der Waals surface area contributed by atoms with Crippen molar-refractivity contribution in [2.45, 2.75) is 45.7 Å². The Morgan fingerprint density at radius 1 is 1.30 bits per heavy atom. The number of fused-ring (bicyclic) bond motifs is 1. The van der Waals surface area contributed by atoms with Crippen molar-refractivity contribution in [2.75, 3.05) is 6.54 Å². The van der Waals surface area contributed by atoms with E-state index >= 15 is 0 Å². The van der Waals surface area contributed by atoms with Crippen LogP contribution in [-0.2, 0) is 13.0 Å². The number of nitrogens with one attached hydrogen (secondary N) is 1. The number of hydrogen-bond donors (Lipinski definition) is 1. The lowest BCUT2D eigenvalue weighted by molar-refractivity contribution is 0.529. The van der Waals surface area contributed by atoms with Crippen molar-refractivity contribution in [3.63, 3.8) is 0 Å². The van der Waals surface area contributed by atoms with Crippen LogP contribution in [0.25, 0.3) is 11.1 Å². The van der Waals surface area contributed by atoms with Crippen molar-refractivity contribution in [1.82, 2.24) is 15.1 Å². The number of hydrogen-bond acceptors (Lipinski definition) is 2. The van der Waals surface area contributed by atoms with Gasteiger partial charge in [0.2, 0.25) is 0 Å². The first kappa shape index (κ1) is 13.4. The van der Waals surface area contributed by atoms with Crippen molar-refractivity contribution in [1.29, 1.82) is 0 Å². The van der Waals surface area contributed by atoms with Crippen LogP contribution in [0.5, 0.6) is 0 Å². The zero-order valence-corrected chi connectivity index (χ0v) is 12.4. The molecule has 1 aromatic heterocycles. The third-order valence-corrected chi connectivity index (χ3v) is 4.15. The van der Waals surface area contributed by atoms with Gasteiger partial charge in [0.15, 0.2) is 0 Å². The van der Waals surface area contributed by atoms with Crippen LogP contribution in [-0.4, -0.2) is 16.3 Å². The van der Waals surface area contributed by atoms with Crippen molar-refractivity contribution < 1.29 is 0 Å². The van der Waals surface area contributed by atoms with Crippen LogP contribution in [0.15, 0.2) is 30.6 Å². The van der Waals surface area contributed by atoms with Gasteiger partial charge in [0.1, 0.15) is 0 Å². The maximum Gasteiger partial charge on any atom is 0.0568 e. The Kier molecular flexibility index (Phi) is 3.88. The van der Waals surface area contributed by atoms with E-state index in [0.29, 0.717) is 6.04 Å². The van der Waals surface area contributed by atoms with Gasteiger partial charge in [0.25, 0.3) is 0 Å². The monoisotopic (exact) mass is 269 g/mol. The summed E-state index contributed by atoms with van der Waals surface area (Å²) in [7, 11) is 0. The van der Waals surface area contributed by atoms with E-state index in [1.165, 1.54) is 41.5 Å². The molecule has 106 valence electrons. The second-order valence-corrected chi connectivity index (χ2v) is 5.54. The molecule has 1 aromatic carbocycles. The minimum Gasteiger partial charge on any atom is -0.310 e. The molecular weight excluding hydrogens is 246 g/mol. The minimum atomic E-state index is 0.553. The van der Waals surface area contributed by atoms with Gasteiger partial charge in [-0.05, 0) is 49.4 Å². The molecule has 1 unspecified atom stereocenters. The van der Waals surface area contributed by atoms with Crippen molar-refractivity contribution in [3.05, 3.63) is 41.7 Å². The van der Waals surface area contributed by atoms with Crippen LogP contribution in [0.1, 0.15) is 43.9 Å². The van der Waals surface area contributed by atoms with E-state index in [9.17, 15) is 0 Å². The smallest absolute Gasteiger partial charge is 0.0568 e. The molecule has 1 aliphatic carbocycles. The quantitative estimate of drug-likeness (QED) is 0.899. The topological polar surface area (TPSA) is 29.9 Å². The Labute approximate surface area is 121 Å². The van der Waals surface area contributed by atoms with E-state index in [-0.39, 0.29) is 0 Å². The molecule has 2 aromatic rings. The van der Waals surface area contributed by atoms with Crippen LogP contribution >= 0.6 is 0 Å². The maximum absolute atomic E-state index is 4.36. The zero-order valence-electron chi connectivity index (χ0n) is 12.4. The highest BCUT2D eigenvalue weighted by atomic mass is 15.3. The van der Waals surface area contributed by atoms with Crippen LogP contribution in [0.2, 0.25) is 0 Å². The van der Waals surface area contributed by atoms with Crippen LogP contribution < -0.4 is 5.32 Å². The van der Waals surface area contributed by atoms with E-state index < -0.39 is 0 Å². The fourth-order valence-electron chi connectivity index (χ4n) is 3.01. The highest BCUT2D eigenvalue weighted by Crippen LogP contribution is 2.34. The Morgan fingerprint density at radius 2 is 2.20 bits per heavy atom. The lowest BCUT2D eigenvalue weighted by Gasteiger charge is -2.13. The normalized spacial score (nSPS) is 17.4. The molecule has 0 amide bonds. The average Bonchev–Trinajstić information content (AvgIpc) is 3.11. The average molecular weight is 269 g/mol. The maximum atomic E-state index is 4.36. The summed E-state index contributed by atoms with van der Waals surface area (Å²) in [6.07, 6.45) is 7.70. The molecule has 3 rings (SSSR count). The van der Waals surface area contributed by atoms with Crippen molar-refractivity contribution in [2.24, 2.45) is 0 Å². The molecule has 1 atom stereocenters. The van der Waals surface area contributed by atoms with E-state index in [0.717, 1.165) is 13.1 Å². The summed E-state index contributed by atoms with van der Waals surface area (Å²) in [5.74, 6) is 0. The molecule has 1 N–H and O–H groups in total. The fraction of sp³-hybridized carbons (Fsp3) is 0.471. The van der Waals surface area contributed by atoms with Gasteiger partial charge in [-0.25, -0.2) is 0 Å². The molecule has 1 aliphatic rings. The van der Waals surface area contributed by atoms with Crippen LogP contribution in [0.4, 0.5) is 0 Å². The van der Waals surface area contributed by atoms with E-state index in [1.807, 2.05) is 10.9 Å². The van der Waals surface area contributed by atoms with Gasteiger partial charge in [-0.3, -0.25) is 4.68 Å². The van der Waals surface area contributed by atoms with Gasteiger partial charge in [-0.15, -0.1) is 0 Å². The summed E-state index contributed by atoms with van der Waals surface area (Å²) in [5, 5.41) is 8.01. The Balaban J connectivity index is 1.83. The third kappa shape index (κ3) is 2.50. The van der Waals surface area contributed by atoms with Gasteiger partial charge in [-0.1, -0.05) is 25.1 Å².